The Morgan fingerprint density at radius 1 is 1.31 bits per heavy atom. The Balaban J connectivity index is 1.49. The van der Waals surface area contributed by atoms with E-state index >= 15 is 0 Å². The zero-order chi connectivity index (χ0) is 18.4. The average Bonchev–Trinajstić information content (AvgIpc) is 3.33. The molecule has 0 aliphatic heterocycles. The number of aromatic nitrogens is 3. The average molecular weight is 389 g/mol. The summed E-state index contributed by atoms with van der Waals surface area (Å²) < 4.78 is 5.43. The SMILES string of the molecule is CCOc1ccc(CN(C)C(=O)CSc2n[nH]c(-c3cccs3)n2)cc1. The van der Waals surface area contributed by atoms with Crippen molar-refractivity contribution in [1.82, 2.24) is 20.1 Å². The van der Waals surface area contributed by atoms with Crippen molar-refractivity contribution < 1.29 is 9.53 Å². The van der Waals surface area contributed by atoms with Crippen molar-refractivity contribution in [3.05, 3.63) is 47.3 Å². The van der Waals surface area contributed by atoms with E-state index in [0.29, 0.717) is 24.1 Å². The number of nitrogens with zero attached hydrogens (tertiary/aromatic N) is 3. The molecule has 0 saturated carbocycles. The molecule has 2 heterocycles. The van der Waals surface area contributed by atoms with Crippen LogP contribution in [0, 0.1) is 0 Å². The van der Waals surface area contributed by atoms with Crippen LogP contribution in [0.25, 0.3) is 10.7 Å². The fourth-order valence-corrected chi connectivity index (χ4v) is 3.69. The van der Waals surface area contributed by atoms with Gasteiger partial charge in [-0.05, 0) is 36.1 Å². The van der Waals surface area contributed by atoms with E-state index < -0.39 is 0 Å². The normalized spacial score (nSPS) is 10.7. The summed E-state index contributed by atoms with van der Waals surface area (Å²) in [6.07, 6.45) is 0. The van der Waals surface area contributed by atoms with Crippen molar-refractivity contribution in [2.75, 3.05) is 19.4 Å². The van der Waals surface area contributed by atoms with E-state index in [9.17, 15) is 4.79 Å². The topological polar surface area (TPSA) is 71.1 Å². The highest BCUT2D eigenvalue weighted by atomic mass is 32.2. The molecule has 0 aliphatic rings. The second-order valence-corrected chi connectivity index (χ2v) is 7.45. The van der Waals surface area contributed by atoms with Crippen molar-refractivity contribution in [3.8, 4) is 16.5 Å². The van der Waals surface area contributed by atoms with E-state index in [1.165, 1.54) is 11.8 Å². The van der Waals surface area contributed by atoms with Gasteiger partial charge in [0.15, 0.2) is 5.82 Å². The highest BCUT2D eigenvalue weighted by Gasteiger charge is 2.13. The zero-order valence-electron chi connectivity index (χ0n) is 14.6. The molecular formula is C18H20N4O2S2. The third-order valence-corrected chi connectivity index (χ3v) is 5.33. The van der Waals surface area contributed by atoms with Gasteiger partial charge in [-0.3, -0.25) is 9.89 Å². The fraction of sp³-hybridized carbons (Fsp3) is 0.278. The number of carbonyl (C=O) groups excluding carboxylic acids is 1. The first kappa shape index (κ1) is 18.5. The maximum Gasteiger partial charge on any atom is 0.233 e. The van der Waals surface area contributed by atoms with Crippen LogP contribution in [0.3, 0.4) is 0 Å². The third kappa shape index (κ3) is 4.86. The number of hydrogen-bond acceptors (Lipinski definition) is 6. The second-order valence-electron chi connectivity index (χ2n) is 5.56. The largest absolute Gasteiger partial charge is 0.494 e. The molecule has 0 spiro atoms. The molecule has 0 saturated heterocycles. The van der Waals surface area contributed by atoms with Crippen molar-refractivity contribution in [3.63, 3.8) is 0 Å². The van der Waals surface area contributed by atoms with Gasteiger partial charge >= 0.3 is 0 Å². The fourth-order valence-electron chi connectivity index (χ4n) is 2.29. The highest BCUT2D eigenvalue weighted by Crippen LogP contribution is 2.23. The molecule has 3 aromatic rings. The molecule has 0 unspecified atom stereocenters. The maximum atomic E-state index is 12.3. The smallest absolute Gasteiger partial charge is 0.233 e. The van der Waals surface area contributed by atoms with Crippen LogP contribution in [0.5, 0.6) is 5.75 Å². The minimum absolute atomic E-state index is 0.0337. The van der Waals surface area contributed by atoms with Gasteiger partial charge < -0.3 is 9.64 Å². The predicted octanol–water partition coefficient (Wildman–Crippen LogP) is 3.68. The summed E-state index contributed by atoms with van der Waals surface area (Å²) >= 11 is 2.93. The van der Waals surface area contributed by atoms with E-state index in [2.05, 4.69) is 15.2 Å². The van der Waals surface area contributed by atoms with Crippen LogP contribution in [-0.2, 0) is 11.3 Å². The molecule has 0 fully saturated rings. The Hall–Kier alpha value is -2.32. The van der Waals surface area contributed by atoms with E-state index in [0.717, 1.165) is 22.0 Å². The quantitative estimate of drug-likeness (QED) is 0.596. The van der Waals surface area contributed by atoms with Crippen LogP contribution in [0.15, 0.2) is 46.9 Å². The standard InChI is InChI=1S/C18H20N4O2S2/c1-3-24-14-8-6-13(7-9-14)11-22(2)16(23)12-26-18-19-17(20-21-18)15-5-4-10-25-15/h4-10H,3,11-12H2,1-2H3,(H,19,20,21). The van der Waals surface area contributed by atoms with E-state index in [1.807, 2.05) is 48.7 Å². The molecule has 0 aliphatic carbocycles. The van der Waals surface area contributed by atoms with Gasteiger partial charge in [0.1, 0.15) is 5.75 Å². The first-order chi connectivity index (χ1) is 12.7. The van der Waals surface area contributed by atoms with Crippen LogP contribution >= 0.6 is 23.1 Å². The first-order valence-corrected chi connectivity index (χ1v) is 10.1. The molecule has 1 N–H and O–H groups in total. The van der Waals surface area contributed by atoms with Crippen LogP contribution < -0.4 is 4.74 Å². The second kappa shape index (κ2) is 8.86. The lowest BCUT2D eigenvalue weighted by atomic mass is 10.2. The summed E-state index contributed by atoms with van der Waals surface area (Å²) in [7, 11) is 1.80. The van der Waals surface area contributed by atoms with E-state index in [-0.39, 0.29) is 5.91 Å². The highest BCUT2D eigenvalue weighted by molar-refractivity contribution is 7.99. The number of aromatic amines is 1. The maximum absolute atomic E-state index is 12.3. The Morgan fingerprint density at radius 2 is 2.12 bits per heavy atom. The summed E-state index contributed by atoms with van der Waals surface area (Å²) in [5.74, 6) is 1.91. The molecule has 8 heteroatoms. The Kier molecular flexibility index (Phi) is 6.30. The summed E-state index contributed by atoms with van der Waals surface area (Å²) in [4.78, 5) is 19.5. The van der Waals surface area contributed by atoms with E-state index in [4.69, 9.17) is 4.74 Å². The third-order valence-electron chi connectivity index (χ3n) is 3.62. The van der Waals surface area contributed by atoms with Crippen molar-refractivity contribution >= 4 is 29.0 Å². The van der Waals surface area contributed by atoms with Gasteiger partial charge in [0.05, 0.1) is 17.2 Å². The molecule has 26 heavy (non-hydrogen) atoms. The lowest BCUT2D eigenvalue weighted by Gasteiger charge is -2.17. The van der Waals surface area contributed by atoms with Gasteiger partial charge in [0, 0.05) is 13.6 Å². The predicted molar refractivity (Wildman–Crippen MR) is 105 cm³/mol. The lowest BCUT2D eigenvalue weighted by Crippen LogP contribution is -2.27. The van der Waals surface area contributed by atoms with Gasteiger partial charge in [-0.25, -0.2) is 4.98 Å². The van der Waals surface area contributed by atoms with Gasteiger partial charge in [0.2, 0.25) is 11.1 Å². The molecule has 0 atom stereocenters. The van der Waals surface area contributed by atoms with Crippen molar-refractivity contribution in [1.29, 1.82) is 0 Å². The Bertz CT molecular complexity index is 831. The van der Waals surface area contributed by atoms with Crippen LogP contribution in [-0.4, -0.2) is 45.4 Å². The minimum atomic E-state index is 0.0337. The summed E-state index contributed by atoms with van der Waals surface area (Å²) in [5.41, 5.74) is 1.06. The number of benzene rings is 1. The first-order valence-electron chi connectivity index (χ1n) is 8.20. The number of thiophene rings is 1. The minimum Gasteiger partial charge on any atom is -0.494 e. The molecule has 0 bridgehead atoms. The molecule has 3 rings (SSSR count). The van der Waals surface area contributed by atoms with Gasteiger partial charge in [0.25, 0.3) is 0 Å². The number of ether oxygens (including phenoxy) is 1. The Morgan fingerprint density at radius 3 is 2.81 bits per heavy atom. The number of carbonyl (C=O) groups is 1. The molecule has 6 nitrogen and oxygen atoms in total. The van der Waals surface area contributed by atoms with Gasteiger partial charge in [-0.15, -0.1) is 16.4 Å². The number of hydrogen-bond donors (Lipinski definition) is 1. The number of amides is 1. The zero-order valence-corrected chi connectivity index (χ0v) is 16.3. The molecule has 1 amide bonds. The van der Waals surface area contributed by atoms with Crippen LogP contribution in [0.2, 0.25) is 0 Å². The molecule has 136 valence electrons. The number of H-pyrrole nitrogens is 1. The number of thioether (sulfide) groups is 1. The van der Waals surface area contributed by atoms with E-state index in [1.54, 1.807) is 23.3 Å². The van der Waals surface area contributed by atoms with Crippen LogP contribution in [0.4, 0.5) is 0 Å². The van der Waals surface area contributed by atoms with Gasteiger partial charge in [-0.1, -0.05) is 30.0 Å². The van der Waals surface area contributed by atoms with Crippen molar-refractivity contribution in [2.24, 2.45) is 0 Å². The summed E-state index contributed by atoms with van der Waals surface area (Å²) in [5, 5.41) is 9.64. The summed E-state index contributed by atoms with van der Waals surface area (Å²) in [6.45, 7) is 3.15. The lowest BCUT2D eigenvalue weighted by molar-refractivity contribution is -0.127. The summed E-state index contributed by atoms with van der Waals surface area (Å²) in [6, 6.07) is 11.7. The molecule has 0 radical (unpaired) electrons. The monoisotopic (exact) mass is 388 g/mol. The Labute approximate surface area is 160 Å². The molecule has 2 aromatic heterocycles. The molecule has 1 aromatic carbocycles. The van der Waals surface area contributed by atoms with Crippen molar-refractivity contribution in [2.45, 2.75) is 18.6 Å². The van der Waals surface area contributed by atoms with Crippen LogP contribution in [0.1, 0.15) is 12.5 Å². The number of nitrogens with one attached hydrogen (secondary N) is 1. The molecular weight excluding hydrogens is 368 g/mol. The van der Waals surface area contributed by atoms with Gasteiger partial charge in [-0.2, -0.15) is 0 Å². The number of rotatable bonds is 8.